The molecule has 0 saturated heterocycles. The summed E-state index contributed by atoms with van der Waals surface area (Å²) in [5.74, 6) is -0.577. The van der Waals surface area contributed by atoms with Crippen molar-refractivity contribution < 1.29 is 9.90 Å². The third-order valence-corrected chi connectivity index (χ3v) is 2.78. The van der Waals surface area contributed by atoms with Crippen LogP contribution in [0.25, 0.3) is 5.65 Å². The standard InChI is InChI=1S/C10H10N4O2/c11-7-8(10(15)16)13-14-4-6(5-1-2-5)3-12-9(7)14/h3-5H,1-2,11H2,(H,15,16). The first-order chi connectivity index (χ1) is 7.66. The van der Waals surface area contributed by atoms with Gasteiger partial charge >= 0.3 is 5.97 Å². The Labute approximate surface area is 90.7 Å². The molecule has 0 amide bonds. The first-order valence-corrected chi connectivity index (χ1v) is 5.04. The molecular weight excluding hydrogens is 208 g/mol. The molecule has 0 aliphatic heterocycles. The Morgan fingerprint density at radius 2 is 2.31 bits per heavy atom. The summed E-state index contributed by atoms with van der Waals surface area (Å²) in [4.78, 5) is 15.0. The van der Waals surface area contributed by atoms with Crippen molar-refractivity contribution in [2.75, 3.05) is 5.73 Å². The third-order valence-electron chi connectivity index (χ3n) is 2.78. The quantitative estimate of drug-likeness (QED) is 0.780. The van der Waals surface area contributed by atoms with Crippen LogP contribution in [0.2, 0.25) is 0 Å². The molecule has 3 rings (SSSR count). The second-order valence-electron chi connectivity index (χ2n) is 4.00. The van der Waals surface area contributed by atoms with Crippen molar-refractivity contribution in [3.8, 4) is 0 Å². The van der Waals surface area contributed by atoms with Crippen LogP contribution in [0.4, 0.5) is 5.69 Å². The summed E-state index contributed by atoms with van der Waals surface area (Å²) in [5, 5.41) is 12.8. The predicted octanol–water partition coefficient (Wildman–Crippen LogP) is 0.887. The molecule has 2 heterocycles. The van der Waals surface area contributed by atoms with Gasteiger partial charge in [-0.05, 0) is 24.3 Å². The van der Waals surface area contributed by atoms with Gasteiger partial charge in [-0.25, -0.2) is 14.3 Å². The lowest BCUT2D eigenvalue weighted by atomic mass is 10.2. The number of hydrogen-bond donors (Lipinski definition) is 2. The summed E-state index contributed by atoms with van der Waals surface area (Å²) in [6.07, 6.45) is 5.88. The highest BCUT2D eigenvalue weighted by Crippen LogP contribution is 2.39. The predicted molar refractivity (Wildman–Crippen MR) is 56.3 cm³/mol. The molecule has 16 heavy (non-hydrogen) atoms. The molecule has 1 saturated carbocycles. The summed E-state index contributed by atoms with van der Waals surface area (Å²) < 4.78 is 1.45. The van der Waals surface area contributed by atoms with Crippen LogP contribution < -0.4 is 5.73 Å². The van der Waals surface area contributed by atoms with Gasteiger partial charge in [0.1, 0.15) is 5.69 Å². The van der Waals surface area contributed by atoms with Crippen molar-refractivity contribution in [3.05, 3.63) is 23.7 Å². The van der Waals surface area contributed by atoms with Gasteiger partial charge in [0.05, 0.1) is 0 Å². The van der Waals surface area contributed by atoms with Gasteiger partial charge < -0.3 is 10.8 Å². The van der Waals surface area contributed by atoms with Gasteiger partial charge in [0.25, 0.3) is 0 Å². The number of nitrogens with zero attached hydrogens (tertiary/aromatic N) is 3. The first kappa shape index (κ1) is 9.14. The Balaban J connectivity index is 2.20. The Morgan fingerprint density at radius 3 is 2.94 bits per heavy atom. The Kier molecular flexibility index (Phi) is 1.68. The average molecular weight is 218 g/mol. The molecule has 2 aromatic heterocycles. The topological polar surface area (TPSA) is 93.5 Å². The largest absolute Gasteiger partial charge is 0.476 e. The average Bonchev–Trinajstić information content (AvgIpc) is 3.04. The number of carboxylic acid groups (broad SMARTS) is 1. The molecule has 3 N–H and O–H groups in total. The highest BCUT2D eigenvalue weighted by molar-refractivity contribution is 5.95. The summed E-state index contributed by atoms with van der Waals surface area (Å²) in [7, 11) is 0. The van der Waals surface area contributed by atoms with Crippen molar-refractivity contribution in [2.45, 2.75) is 18.8 Å². The van der Waals surface area contributed by atoms with E-state index in [0.717, 1.165) is 18.4 Å². The highest BCUT2D eigenvalue weighted by Gasteiger charge is 2.25. The van der Waals surface area contributed by atoms with Crippen LogP contribution in [-0.4, -0.2) is 25.7 Å². The zero-order valence-corrected chi connectivity index (χ0v) is 8.42. The lowest BCUT2D eigenvalue weighted by molar-refractivity contribution is 0.0691. The summed E-state index contributed by atoms with van der Waals surface area (Å²) in [6, 6.07) is 0. The Hall–Kier alpha value is -2.11. The smallest absolute Gasteiger partial charge is 0.358 e. The molecule has 6 nitrogen and oxygen atoms in total. The number of aromatic carboxylic acids is 1. The van der Waals surface area contributed by atoms with Gasteiger partial charge in [0.15, 0.2) is 11.3 Å². The molecular formula is C10H10N4O2. The van der Waals surface area contributed by atoms with Crippen LogP contribution in [0.5, 0.6) is 0 Å². The maximum Gasteiger partial charge on any atom is 0.358 e. The SMILES string of the molecule is Nc1c(C(=O)O)nn2cc(C3CC3)cnc12. The van der Waals surface area contributed by atoms with Crippen LogP contribution in [0.1, 0.15) is 34.8 Å². The highest BCUT2D eigenvalue weighted by atomic mass is 16.4. The first-order valence-electron chi connectivity index (χ1n) is 5.04. The van der Waals surface area contributed by atoms with Gasteiger partial charge in [-0.2, -0.15) is 5.10 Å². The molecule has 6 heteroatoms. The zero-order valence-electron chi connectivity index (χ0n) is 8.42. The van der Waals surface area contributed by atoms with Crippen LogP contribution in [0.3, 0.4) is 0 Å². The van der Waals surface area contributed by atoms with E-state index < -0.39 is 5.97 Å². The van der Waals surface area contributed by atoms with E-state index in [4.69, 9.17) is 10.8 Å². The second kappa shape index (κ2) is 2.94. The number of aromatic nitrogens is 3. The van der Waals surface area contributed by atoms with Crippen LogP contribution in [-0.2, 0) is 0 Å². The molecule has 1 aliphatic carbocycles. The molecule has 0 radical (unpaired) electrons. The third kappa shape index (κ3) is 1.23. The molecule has 1 aliphatic rings. The lowest BCUT2D eigenvalue weighted by Gasteiger charge is -1.97. The molecule has 0 atom stereocenters. The fourth-order valence-electron chi connectivity index (χ4n) is 1.75. The van der Waals surface area contributed by atoms with E-state index >= 15 is 0 Å². The number of carbonyl (C=O) groups is 1. The van der Waals surface area contributed by atoms with Gasteiger partial charge in [-0.15, -0.1) is 0 Å². The monoisotopic (exact) mass is 218 g/mol. The van der Waals surface area contributed by atoms with Gasteiger partial charge in [-0.3, -0.25) is 0 Å². The van der Waals surface area contributed by atoms with Crippen molar-refractivity contribution in [3.63, 3.8) is 0 Å². The van der Waals surface area contributed by atoms with Crippen molar-refractivity contribution >= 4 is 17.3 Å². The lowest BCUT2D eigenvalue weighted by Crippen LogP contribution is -2.01. The van der Waals surface area contributed by atoms with Gasteiger partial charge in [0.2, 0.25) is 0 Å². The van der Waals surface area contributed by atoms with Crippen LogP contribution >= 0.6 is 0 Å². The summed E-state index contributed by atoms with van der Waals surface area (Å²) in [5.41, 5.74) is 7.13. The van der Waals surface area contributed by atoms with Gasteiger partial charge in [-0.1, -0.05) is 0 Å². The van der Waals surface area contributed by atoms with E-state index in [1.54, 1.807) is 6.20 Å². The maximum absolute atomic E-state index is 10.8. The maximum atomic E-state index is 10.8. The number of anilines is 1. The number of nitrogen functional groups attached to an aromatic ring is 1. The zero-order chi connectivity index (χ0) is 11.3. The van der Waals surface area contributed by atoms with Crippen molar-refractivity contribution in [1.82, 2.24) is 14.6 Å². The molecule has 0 spiro atoms. The number of nitrogens with two attached hydrogens (primary N) is 1. The van der Waals surface area contributed by atoms with Crippen molar-refractivity contribution in [1.29, 1.82) is 0 Å². The molecule has 0 aromatic carbocycles. The van der Waals surface area contributed by atoms with E-state index in [1.807, 2.05) is 6.20 Å². The van der Waals surface area contributed by atoms with Crippen molar-refractivity contribution in [2.24, 2.45) is 0 Å². The fraction of sp³-hybridized carbons (Fsp3) is 0.300. The number of fused-ring (bicyclic) bond motifs is 1. The summed E-state index contributed by atoms with van der Waals surface area (Å²) in [6.45, 7) is 0. The fourth-order valence-corrected chi connectivity index (χ4v) is 1.75. The number of rotatable bonds is 2. The minimum atomic E-state index is -1.13. The van der Waals surface area contributed by atoms with E-state index in [-0.39, 0.29) is 11.4 Å². The second-order valence-corrected chi connectivity index (χ2v) is 4.00. The van der Waals surface area contributed by atoms with E-state index in [2.05, 4.69) is 10.1 Å². The molecule has 1 fully saturated rings. The van der Waals surface area contributed by atoms with Crippen LogP contribution in [0, 0.1) is 0 Å². The minimum Gasteiger partial charge on any atom is -0.476 e. The van der Waals surface area contributed by atoms with E-state index in [0.29, 0.717) is 11.6 Å². The molecule has 0 unspecified atom stereocenters. The van der Waals surface area contributed by atoms with Gasteiger partial charge in [0, 0.05) is 12.4 Å². The molecule has 0 bridgehead atoms. The molecule has 2 aromatic rings. The number of carboxylic acids is 1. The normalized spacial score (nSPS) is 15.5. The minimum absolute atomic E-state index is 0.120. The van der Waals surface area contributed by atoms with E-state index in [9.17, 15) is 4.79 Å². The van der Waals surface area contributed by atoms with E-state index in [1.165, 1.54) is 4.52 Å². The molecule has 82 valence electrons. The summed E-state index contributed by atoms with van der Waals surface area (Å²) >= 11 is 0. The Morgan fingerprint density at radius 1 is 1.56 bits per heavy atom. The van der Waals surface area contributed by atoms with Crippen LogP contribution in [0.15, 0.2) is 12.4 Å². The Bertz CT molecular complexity index is 586. The number of hydrogen-bond acceptors (Lipinski definition) is 4.